The number of thiocarbonyl (C=S) groups is 1. The van der Waals surface area contributed by atoms with Crippen molar-refractivity contribution in [3.63, 3.8) is 0 Å². The average molecular weight is 248 g/mol. The predicted octanol–water partition coefficient (Wildman–Crippen LogP) is 1.72. The third kappa shape index (κ3) is 2.59. The predicted molar refractivity (Wildman–Crippen MR) is 68.1 cm³/mol. The second kappa shape index (κ2) is 4.92. The van der Waals surface area contributed by atoms with Crippen LogP contribution in [0.5, 0.6) is 11.5 Å². The molecular formula is C11H12N4OS. The van der Waals surface area contributed by atoms with Crippen molar-refractivity contribution < 1.29 is 4.74 Å². The first-order valence-electron chi connectivity index (χ1n) is 5.16. The highest BCUT2D eigenvalue weighted by Crippen LogP contribution is 2.23. The van der Waals surface area contributed by atoms with E-state index in [1.807, 2.05) is 6.92 Å². The van der Waals surface area contributed by atoms with Gasteiger partial charge in [0.25, 0.3) is 0 Å². The van der Waals surface area contributed by atoms with Gasteiger partial charge in [0.05, 0.1) is 12.4 Å². The molecule has 2 rings (SSSR count). The quantitative estimate of drug-likeness (QED) is 0.835. The summed E-state index contributed by atoms with van der Waals surface area (Å²) >= 11 is 4.91. The van der Waals surface area contributed by atoms with Gasteiger partial charge in [0.1, 0.15) is 10.7 Å². The zero-order valence-electron chi connectivity index (χ0n) is 9.33. The summed E-state index contributed by atoms with van der Waals surface area (Å²) in [5.74, 6) is 1.17. The lowest BCUT2D eigenvalue weighted by molar-refractivity contribution is 0.478. The van der Waals surface area contributed by atoms with E-state index in [4.69, 9.17) is 22.7 Å². The topological polar surface area (TPSA) is 66.0 Å². The molecule has 2 aromatic rings. The lowest BCUT2D eigenvalue weighted by Gasteiger charge is -2.06. The Morgan fingerprint density at radius 2 is 2.41 bits per heavy atom. The minimum atomic E-state index is 0.212. The van der Waals surface area contributed by atoms with Gasteiger partial charge in [0.2, 0.25) is 0 Å². The number of hydrogen-bond acceptors (Lipinski definition) is 4. The number of nitrogens with two attached hydrogens (primary N) is 1. The lowest BCUT2D eigenvalue weighted by Crippen LogP contribution is -2.12. The molecule has 0 saturated heterocycles. The Bertz CT molecular complexity index is 538. The maximum Gasteiger partial charge on any atom is 0.165 e. The molecular weight excluding hydrogens is 236 g/mol. The monoisotopic (exact) mass is 248 g/mol. The molecule has 0 fully saturated rings. The fourth-order valence-corrected chi connectivity index (χ4v) is 1.51. The summed E-state index contributed by atoms with van der Waals surface area (Å²) in [6, 6.07) is 3.53. The summed E-state index contributed by atoms with van der Waals surface area (Å²) in [7, 11) is 0. The summed E-state index contributed by atoms with van der Waals surface area (Å²) in [4.78, 5) is 4.29. The van der Waals surface area contributed by atoms with Crippen LogP contribution in [-0.4, -0.2) is 19.8 Å². The van der Waals surface area contributed by atoms with Crippen molar-refractivity contribution in [3.8, 4) is 11.5 Å². The van der Waals surface area contributed by atoms with E-state index in [1.165, 1.54) is 0 Å². The molecule has 0 aliphatic heterocycles. The molecule has 5 nitrogen and oxygen atoms in total. The number of rotatable bonds is 4. The van der Waals surface area contributed by atoms with Gasteiger partial charge in [0.15, 0.2) is 11.5 Å². The second-order valence-electron chi connectivity index (χ2n) is 3.35. The zero-order valence-corrected chi connectivity index (χ0v) is 10.1. The fraction of sp³-hybridized carbons (Fsp3) is 0.182. The van der Waals surface area contributed by atoms with Gasteiger partial charge in [-0.25, -0.2) is 4.98 Å². The van der Waals surface area contributed by atoms with Gasteiger partial charge in [-0.3, -0.25) is 4.68 Å². The van der Waals surface area contributed by atoms with Crippen molar-refractivity contribution in [1.29, 1.82) is 0 Å². The fourth-order valence-electron chi connectivity index (χ4n) is 1.36. The molecule has 0 aromatic carbocycles. The zero-order chi connectivity index (χ0) is 12.3. The minimum Gasteiger partial charge on any atom is -0.452 e. The van der Waals surface area contributed by atoms with Crippen LogP contribution < -0.4 is 10.5 Å². The highest BCUT2D eigenvalue weighted by Gasteiger charge is 2.09. The number of hydrogen-bond donors (Lipinski definition) is 1. The highest BCUT2D eigenvalue weighted by molar-refractivity contribution is 7.80. The van der Waals surface area contributed by atoms with E-state index >= 15 is 0 Å². The van der Waals surface area contributed by atoms with E-state index in [-0.39, 0.29) is 4.99 Å². The molecule has 0 amide bonds. The summed E-state index contributed by atoms with van der Waals surface area (Å²) in [5.41, 5.74) is 6.05. The number of ether oxygens (including phenoxy) is 1. The standard InChI is InChI=1S/C11H12N4OS/c1-2-15-7-8(6-14-15)16-9-4-3-5-13-10(9)11(12)17/h3-7H,2H2,1H3,(H2,12,17). The first-order chi connectivity index (χ1) is 8.20. The highest BCUT2D eigenvalue weighted by atomic mass is 32.1. The molecule has 0 atom stereocenters. The lowest BCUT2D eigenvalue weighted by atomic mass is 10.3. The van der Waals surface area contributed by atoms with E-state index in [0.717, 1.165) is 6.54 Å². The van der Waals surface area contributed by atoms with Gasteiger partial charge in [-0.1, -0.05) is 12.2 Å². The van der Waals surface area contributed by atoms with Gasteiger partial charge in [0, 0.05) is 12.7 Å². The van der Waals surface area contributed by atoms with Gasteiger partial charge >= 0.3 is 0 Å². The van der Waals surface area contributed by atoms with Gasteiger partial charge in [-0.15, -0.1) is 0 Å². The molecule has 0 saturated carbocycles. The van der Waals surface area contributed by atoms with E-state index in [9.17, 15) is 0 Å². The molecule has 0 bridgehead atoms. The minimum absolute atomic E-state index is 0.212. The maximum absolute atomic E-state index is 5.64. The van der Waals surface area contributed by atoms with Crippen molar-refractivity contribution in [2.75, 3.05) is 0 Å². The molecule has 2 N–H and O–H groups in total. The van der Waals surface area contributed by atoms with Crippen molar-refractivity contribution in [3.05, 3.63) is 36.4 Å². The summed E-state index contributed by atoms with van der Waals surface area (Å²) in [6.45, 7) is 2.79. The molecule has 6 heteroatoms. The molecule has 2 aromatic heterocycles. The molecule has 0 radical (unpaired) electrons. The molecule has 0 aliphatic carbocycles. The maximum atomic E-state index is 5.64. The van der Waals surface area contributed by atoms with Crippen LogP contribution in [-0.2, 0) is 6.54 Å². The normalized spacial score (nSPS) is 10.2. The molecule has 17 heavy (non-hydrogen) atoms. The second-order valence-corrected chi connectivity index (χ2v) is 3.79. The Labute approximate surface area is 104 Å². The van der Waals surface area contributed by atoms with E-state index in [1.54, 1.807) is 35.4 Å². The van der Waals surface area contributed by atoms with E-state index < -0.39 is 0 Å². The molecule has 0 aliphatic rings. The summed E-state index contributed by atoms with van der Waals surface area (Å²) < 4.78 is 7.41. The van der Waals surface area contributed by atoms with Crippen molar-refractivity contribution in [2.24, 2.45) is 5.73 Å². The van der Waals surface area contributed by atoms with Gasteiger partial charge in [-0.05, 0) is 19.1 Å². The number of aromatic nitrogens is 3. The van der Waals surface area contributed by atoms with Crippen molar-refractivity contribution in [1.82, 2.24) is 14.8 Å². The number of pyridine rings is 1. The van der Waals surface area contributed by atoms with Gasteiger partial charge < -0.3 is 10.5 Å². The third-order valence-corrected chi connectivity index (χ3v) is 2.36. The van der Waals surface area contributed by atoms with E-state index in [0.29, 0.717) is 17.2 Å². The summed E-state index contributed by atoms with van der Waals surface area (Å²) in [6.07, 6.45) is 5.06. The first-order valence-corrected chi connectivity index (χ1v) is 5.56. The molecule has 2 heterocycles. The van der Waals surface area contributed by atoms with Crippen LogP contribution in [0.2, 0.25) is 0 Å². The van der Waals surface area contributed by atoms with Crippen LogP contribution in [0.3, 0.4) is 0 Å². The van der Waals surface area contributed by atoms with Gasteiger partial charge in [-0.2, -0.15) is 5.10 Å². The Kier molecular flexibility index (Phi) is 3.34. The Morgan fingerprint density at radius 3 is 3.06 bits per heavy atom. The SMILES string of the molecule is CCn1cc(Oc2cccnc2C(N)=S)cn1. The van der Waals surface area contributed by atoms with Crippen molar-refractivity contribution in [2.45, 2.75) is 13.5 Å². The van der Waals surface area contributed by atoms with Crippen LogP contribution in [0.25, 0.3) is 0 Å². The van der Waals surface area contributed by atoms with Crippen LogP contribution in [0.4, 0.5) is 0 Å². The number of aryl methyl sites for hydroxylation is 1. The smallest absolute Gasteiger partial charge is 0.165 e. The van der Waals surface area contributed by atoms with E-state index in [2.05, 4.69) is 10.1 Å². The van der Waals surface area contributed by atoms with Crippen LogP contribution in [0.15, 0.2) is 30.7 Å². The number of nitrogens with zero attached hydrogens (tertiary/aromatic N) is 3. The molecule has 0 spiro atoms. The van der Waals surface area contributed by atoms with Crippen molar-refractivity contribution >= 4 is 17.2 Å². The average Bonchev–Trinajstić information content (AvgIpc) is 2.77. The summed E-state index contributed by atoms with van der Waals surface area (Å²) in [5, 5.41) is 4.11. The Hall–Kier alpha value is -1.95. The largest absolute Gasteiger partial charge is 0.452 e. The van der Waals surface area contributed by atoms with Crippen LogP contribution in [0, 0.1) is 0 Å². The Balaban J connectivity index is 2.26. The molecule has 0 unspecified atom stereocenters. The Morgan fingerprint density at radius 1 is 1.59 bits per heavy atom. The third-order valence-electron chi connectivity index (χ3n) is 2.17. The first kappa shape index (κ1) is 11.5. The van der Waals surface area contributed by atoms with Crippen LogP contribution in [0.1, 0.15) is 12.6 Å². The van der Waals surface area contributed by atoms with Crippen LogP contribution >= 0.6 is 12.2 Å². The molecule has 88 valence electrons.